The SMILES string of the molecule is Cc1ccccc1CNc1ccnc(C(=O)NCCc2ccccc2F)c1. The molecule has 3 rings (SSSR count). The maximum Gasteiger partial charge on any atom is 0.269 e. The van der Waals surface area contributed by atoms with E-state index in [1.807, 2.05) is 18.2 Å². The summed E-state index contributed by atoms with van der Waals surface area (Å²) in [5.41, 5.74) is 4.15. The number of amides is 1. The van der Waals surface area contributed by atoms with Gasteiger partial charge < -0.3 is 10.6 Å². The van der Waals surface area contributed by atoms with E-state index in [0.29, 0.717) is 30.8 Å². The summed E-state index contributed by atoms with van der Waals surface area (Å²) in [5, 5.41) is 6.11. The van der Waals surface area contributed by atoms with Gasteiger partial charge in [0.1, 0.15) is 11.5 Å². The molecule has 2 N–H and O–H groups in total. The van der Waals surface area contributed by atoms with Gasteiger partial charge in [-0.05, 0) is 48.2 Å². The quantitative estimate of drug-likeness (QED) is 0.664. The predicted molar refractivity (Wildman–Crippen MR) is 105 cm³/mol. The van der Waals surface area contributed by atoms with Crippen LogP contribution in [0.25, 0.3) is 0 Å². The number of nitrogens with one attached hydrogen (secondary N) is 2. The first kappa shape index (κ1) is 18.6. The van der Waals surface area contributed by atoms with Crippen molar-refractivity contribution in [3.63, 3.8) is 0 Å². The molecule has 1 amide bonds. The van der Waals surface area contributed by atoms with Crippen molar-refractivity contribution in [3.8, 4) is 0 Å². The van der Waals surface area contributed by atoms with Gasteiger partial charge in [-0.25, -0.2) is 4.39 Å². The van der Waals surface area contributed by atoms with Crippen molar-refractivity contribution in [2.75, 3.05) is 11.9 Å². The van der Waals surface area contributed by atoms with Crippen LogP contribution in [-0.2, 0) is 13.0 Å². The highest BCUT2D eigenvalue weighted by molar-refractivity contribution is 5.93. The molecular weight excluding hydrogens is 341 g/mol. The molecule has 0 fully saturated rings. The molecule has 0 unspecified atom stereocenters. The summed E-state index contributed by atoms with van der Waals surface area (Å²) < 4.78 is 13.6. The van der Waals surface area contributed by atoms with Gasteiger partial charge in [0.05, 0.1) is 0 Å². The third-order valence-corrected chi connectivity index (χ3v) is 4.37. The zero-order valence-electron chi connectivity index (χ0n) is 15.2. The molecule has 5 heteroatoms. The van der Waals surface area contributed by atoms with Crippen LogP contribution in [0, 0.1) is 12.7 Å². The van der Waals surface area contributed by atoms with E-state index in [1.165, 1.54) is 17.2 Å². The zero-order valence-corrected chi connectivity index (χ0v) is 15.2. The van der Waals surface area contributed by atoms with Crippen molar-refractivity contribution >= 4 is 11.6 Å². The van der Waals surface area contributed by atoms with Crippen molar-refractivity contribution in [2.45, 2.75) is 19.9 Å². The minimum atomic E-state index is -0.272. The van der Waals surface area contributed by atoms with Crippen LogP contribution in [0.5, 0.6) is 0 Å². The summed E-state index contributed by atoms with van der Waals surface area (Å²) >= 11 is 0. The van der Waals surface area contributed by atoms with Gasteiger partial charge in [-0.2, -0.15) is 0 Å². The maximum absolute atomic E-state index is 13.6. The number of aromatic nitrogens is 1. The first-order chi connectivity index (χ1) is 13.1. The van der Waals surface area contributed by atoms with Crippen LogP contribution < -0.4 is 10.6 Å². The van der Waals surface area contributed by atoms with Crippen molar-refractivity contribution in [1.82, 2.24) is 10.3 Å². The Hall–Kier alpha value is -3.21. The third-order valence-electron chi connectivity index (χ3n) is 4.37. The lowest BCUT2D eigenvalue weighted by Gasteiger charge is -2.10. The smallest absolute Gasteiger partial charge is 0.269 e. The molecule has 1 heterocycles. The van der Waals surface area contributed by atoms with E-state index in [4.69, 9.17) is 0 Å². The number of anilines is 1. The number of hydrogen-bond acceptors (Lipinski definition) is 3. The fourth-order valence-electron chi connectivity index (χ4n) is 2.77. The number of carbonyl (C=O) groups is 1. The molecule has 4 nitrogen and oxygen atoms in total. The Morgan fingerprint density at radius 3 is 2.56 bits per heavy atom. The summed E-state index contributed by atoms with van der Waals surface area (Å²) in [5.74, 6) is -0.529. The fraction of sp³-hybridized carbons (Fsp3) is 0.182. The van der Waals surface area contributed by atoms with Gasteiger partial charge in [0.25, 0.3) is 5.91 Å². The number of carbonyl (C=O) groups excluding carboxylic acids is 1. The Morgan fingerprint density at radius 1 is 1.04 bits per heavy atom. The Labute approximate surface area is 158 Å². The predicted octanol–water partition coefficient (Wildman–Crippen LogP) is 4.11. The van der Waals surface area contributed by atoms with Gasteiger partial charge in [0.2, 0.25) is 0 Å². The van der Waals surface area contributed by atoms with Crippen LogP contribution in [-0.4, -0.2) is 17.4 Å². The number of benzene rings is 2. The summed E-state index contributed by atoms with van der Waals surface area (Å²) in [6.07, 6.45) is 2.04. The second-order valence-electron chi connectivity index (χ2n) is 6.31. The van der Waals surface area contributed by atoms with E-state index in [0.717, 1.165) is 5.69 Å². The minimum Gasteiger partial charge on any atom is -0.381 e. The van der Waals surface area contributed by atoms with Crippen LogP contribution in [0.4, 0.5) is 10.1 Å². The van der Waals surface area contributed by atoms with E-state index in [2.05, 4.69) is 34.7 Å². The van der Waals surface area contributed by atoms with E-state index in [9.17, 15) is 9.18 Å². The number of rotatable bonds is 7. The Bertz CT molecular complexity index is 927. The normalized spacial score (nSPS) is 10.4. The van der Waals surface area contributed by atoms with Gasteiger partial charge in [-0.3, -0.25) is 9.78 Å². The first-order valence-corrected chi connectivity index (χ1v) is 8.89. The van der Waals surface area contributed by atoms with E-state index < -0.39 is 0 Å². The monoisotopic (exact) mass is 363 g/mol. The van der Waals surface area contributed by atoms with Gasteiger partial charge in [0, 0.05) is 25.0 Å². The Balaban J connectivity index is 1.55. The number of pyridine rings is 1. The van der Waals surface area contributed by atoms with Gasteiger partial charge in [-0.1, -0.05) is 42.5 Å². The Kier molecular flexibility index (Phi) is 6.15. The topological polar surface area (TPSA) is 54.0 Å². The largest absolute Gasteiger partial charge is 0.381 e. The fourth-order valence-corrected chi connectivity index (χ4v) is 2.77. The third kappa shape index (κ3) is 5.14. The average molecular weight is 363 g/mol. The zero-order chi connectivity index (χ0) is 19.1. The molecule has 0 atom stereocenters. The highest BCUT2D eigenvalue weighted by Gasteiger charge is 2.08. The molecule has 2 aromatic carbocycles. The molecule has 0 bridgehead atoms. The molecule has 0 aliphatic rings. The van der Waals surface area contributed by atoms with Crippen molar-refractivity contribution in [3.05, 3.63) is 95.1 Å². The summed E-state index contributed by atoms with van der Waals surface area (Å²) in [6.45, 7) is 3.09. The van der Waals surface area contributed by atoms with Crippen LogP contribution in [0.2, 0.25) is 0 Å². The van der Waals surface area contributed by atoms with Crippen molar-refractivity contribution < 1.29 is 9.18 Å². The molecule has 138 valence electrons. The molecule has 27 heavy (non-hydrogen) atoms. The minimum absolute atomic E-state index is 0.257. The molecule has 0 spiro atoms. The number of aryl methyl sites for hydroxylation is 1. The summed E-state index contributed by atoms with van der Waals surface area (Å²) in [6, 6.07) is 18.3. The highest BCUT2D eigenvalue weighted by Crippen LogP contribution is 2.13. The molecule has 0 aliphatic heterocycles. The molecule has 3 aromatic rings. The van der Waals surface area contributed by atoms with Crippen molar-refractivity contribution in [1.29, 1.82) is 0 Å². The second kappa shape index (κ2) is 8.94. The molecule has 0 aliphatic carbocycles. The lowest BCUT2D eigenvalue weighted by molar-refractivity contribution is 0.0949. The second-order valence-corrected chi connectivity index (χ2v) is 6.31. The maximum atomic E-state index is 13.6. The number of halogens is 1. The standard InChI is InChI=1S/C22H22FN3O/c1-16-6-2-3-8-18(16)15-26-19-11-13-24-21(14-19)22(27)25-12-10-17-7-4-5-9-20(17)23/h2-9,11,13-14H,10,12,15H2,1H3,(H,24,26)(H,25,27). The van der Waals surface area contributed by atoms with Gasteiger partial charge in [-0.15, -0.1) is 0 Å². The molecule has 0 radical (unpaired) electrons. The summed E-state index contributed by atoms with van der Waals surface area (Å²) in [4.78, 5) is 16.4. The lowest BCUT2D eigenvalue weighted by Crippen LogP contribution is -2.26. The molecule has 0 saturated heterocycles. The first-order valence-electron chi connectivity index (χ1n) is 8.89. The highest BCUT2D eigenvalue weighted by atomic mass is 19.1. The van der Waals surface area contributed by atoms with Gasteiger partial charge >= 0.3 is 0 Å². The van der Waals surface area contributed by atoms with E-state index >= 15 is 0 Å². The van der Waals surface area contributed by atoms with Crippen molar-refractivity contribution in [2.24, 2.45) is 0 Å². The van der Waals surface area contributed by atoms with Crippen LogP contribution in [0.1, 0.15) is 27.2 Å². The number of nitrogens with zero attached hydrogens (tertiary/aromatic N) is 1. The van der Waals surface area contributed by atoms with Crippen LogP contribution in [0.3, 0.4) is 0 Å². The van der Waals surface area contributed by atoms with Gasteiger partial charge in [0.15, 0.2) is 0 Å². The molecule has 1 aromatic heterocycles. The average Bonchev–Trinajstić information content (AvgIpc) is 2.69. The van der Waals surface area contributed by atoms with E-state index in [-0.39, 0.29) is 11.7 Å². The molecule has 0 saturated carbocycles. The Morgan fingerprint density at radius 2 is 1.78 bits per heavy atom. The van der Waals surface area contributed by atoms with E-state index in [1.54, 1.807) is 30.5 Å². The van der Waals surface area contributed by atoms with Crippen LogP contribution >= 0.6 is 0 Å². The lowest BCUT2D eigenvalue weighted by atomic mass is 10.1. The van der Waals surface area contributed by atoms with Crippen LogP contribution in [0.15, 0.2) is 66.9 Å². The number of hydrogen-bond donors (Lipinski definition) is 2. The summed E-state index contributed by atoms with van der Waals surface area (Å²) in [7, 11) is 0. The molecular formula is C22H22FN3O.